The third kappa shape index (κ3) is 3.54. The molecule has 2 saturated heterocycles. The molecule has 0 radical (unpaired) electrons. The lowest BCUT2D eigenvalue weighted by Gasteiger charge is -2.30. The number of nitrogens with zero attached hydrogens (tertiary/aromatic N) is 1. The minimum absolute atomic E-state index is 0.00233. The molecule has 4 rings (SSSR count). The fourth-order valence-corrected chi connectivity index (χ4v) is 4.69. The molecule has 1 aromatic heterocycles. The Bertz CT molecular complexity index is 753. The van der Waals surface area contributed by atoms with E-state index < -0.39 is 0 Å². The SMILES string of the molecule is CN(C(=O)OC1CC2CCC(C1)N2)c1cc(Cl)ccc1-c1ccsc1. The topological polar surface area (TPSA) is 41.6 Å². The van der Waals surface area contributed by atoms with Gasteiger partial charge in [0.2, 0.25) is 0 Å². The van der Waals surface area contributed by atoms with Crippen LogP contribution in [0.25, 0.3) is 11.1 Å². The van der Waals surface area contributed by atoms with Gasteiger partial charge in [0.25, 0.3) is 0 Å². The molecule has 1 amide bonds. The van der Waals surface area contributed by atoms with Gasteiger partial charge in [0.05, 0.1) is 5.69 Å². The Morgan fingerprint density at radius 3 is 2.72 bits per heavy atom. The molecule has 132 valence electrons. The molecule has 2 aromatic rings. The van der Waals surface area contributed by atoms with E-state index in [1.54, 1.807) is 23.3 Å². The van der Waals surface area contributed by atoms with E-state index in [-0.39, 0.29) is 12.2 Å². The molecule has 6 heteroatoms. The summed E-state index contributed by atoms with van der Waals surface area (Å²) in [6, 6.07) is 8.66. The zero-order chi connectivity index (χ0) is 17.4. The number of benzene rings is 1. The fraction of sp³-hybridized carbons (Fsp3) is 0.421. The average Bonchev–Trinajstić information content (AvgIpc) is 3.24. The van der Waals surface area contributed by atoms with Gasteiger partial charge in [-0.05, 0) is 60.2 Å². The summed E-state index contributed by atoms with van der Waals surface area (Å²) in [5, 5.41) is 8.26. The van der Waals surface area contributed by atoms with E-state index in [2.05, 4.69) is 10.7 Å². The number of halogens is 1. The van der Waals surface area contributed by atoms with E-state index in [1.807, 2.05) is 29.6 Å². The summed E-state index contributed by atoms with van der Waals surface area (Å²) in [6.45, 7) is 0. The van der Waals surface area contributed by atoms with Crippen LogP contribution in [0.1, 0.15) is 25.7 Å². The quantitative estimate of drug-likeness (QED) is 0.826. The second-order valence-electron chi connectivity index (χ2n) is 6.85. The van der Waals surface area contributed by atoms with Crippen molar-refractivity contribution in [2.24, 2.45) is 0 Å². The van der Waals surface area contributed by atoms with Crippen LogP contribution in [0.5, 0.6) is 0 Å². The second kappa shape index (κ2) is 6.98. The van der Waals surface area contributed by atoms with Gasteiger partial charge in [-0.3, -0.25) is 4.90 Å². The number of piperidine rings is 1. The van der Waals surface area contributed by atoms with Crippen molar-refractivity contribution >= 4 is 34.7 Å². The predicted octanol–water partition coefficient (Wildman–Crippen LogP) is 4.92. The summed E-state index contributed by atoms with van der Waals surface area (Å²) in [5.41, 5.74) is 2.83. The molecular formula is C19H21ClN2O2S. The number of thiophene rings is 1. The van der Waals surface area contributed by atoms with Gasteiger partial charge in [-0.2, -0.15) is 11.3 Å². The molecule has 2 aliphatic rings. The zero-order valence-electron chi connectivity index (χ0n) is 14.1. The van der Waals surface area contributed by atoms with Gasteiger partial charge in [-0.25, -0.2) is 4.79 Å². The van der Waals surface area contributed by atoms with E-state index in [4.69, 9.17) is 16.3 Å². The van der Waals surface area contributed by atoms with Crippen LogP contribution in [-0.2, 0) is 4.74 Å². The minimum Gasteiger partial charge on any atom is -0.446 e. The smallest absolute Gasteiger partial charge is 0.414 e. The highest BCUT2D eigenvalue weighted by atomic mass is 35.5. The highest BCUT2D eigenvalue weighted by Gasteiger charge is 2.35. The van der Waals surface area contributed by atoms with Crippen molar-refractivity contribution in [1.29, 1.82) is 0 Å². The van der Waals surface area contributed by atoms with Crippen molar-refractivity contribution < 1.29 is 9.53 Å². The molecule has 2 bridgehead atoms. The summed E-state index contributed by atoms with van der Waals surface area (Å²) >= 11 is 7.81. The van der Waals surface area contributed by atoms with Crippen molar-refractivity contribution in [2.45, 2.75) is 43.9 Å². The van der Waals surface area contributed by atoms with E-state index in [0.717, 1.165) is 29.7 Å². The number of rotatable bonds is 3. The van der Waals surface area contributed by atoms with Gasteiger partial charge in [0, 0.05) is 29.7 Å². The molecule has 0 spiro atoms. The van der Waals surface area contributed by atoms with Gasteiger partial charge in [-0.15, -0.1) is 0 Å². The monoisotopic (exact) mass is 376 g/mol. The summed E-state index contributed by atoms with van der Waals surface area (Å²) in [4.78, 5) is 14.3. The Kier molecular flexibility index (Phi) is 4.71. The van der Waals surface area contributed by atoms with Crippen molar-refractivity contribution in [3.05, 3.63) is 40.0 Å². The maximum Gasteiger partial charge on any atom is 0.414 e. The fourth-order valence-electron chi connectivity index (χ4n) is 3.87. The number of fused-ring (bicyclic) bond motifs is 2. The van der Waals surface area contributed by atoms with Gasteiger partial charge >= 0.3 is 6.09 Å². The van der Waals surface area contributed by atoms with Crippen LogP contribution in [0, 0.1) is 0 Å². The molecule has 25 heavy (non-hydrogen) atoms. The molecular weight excluding hydrogens is 356 g/mol. The van der Waals surface area contributed by atoms with Crippen molar-refractivity contribution in [2.75, 3.05) is 11.9 Å². The maximum absolute atomic E-state index is 12.7. The van der Waals surface area contributed by atoms with Crippen LogP contribution in [0.15, 0.2) is 35.0 Å². The van der Waals surface area contributed by atoms with Crippen molar-refractivity contribution in [3.63, 3.8) is 0 Å². The lowest BCUT2D eigenvalue weighted by molar-refractivity contribution is 0.0730. The Morgan fingerprint density at radius 2 is 2.04 bits per heavy atom. The summed E-state index contributed by atoms with van der Waals surface area (Å²) in [7, 11) is 1.75. The van der Waals surface area contributed by atoms with Crippen molar-refractivity contribution in [3.8, 4) is 11.1 Å². The molecule has 2 unspecified atom stereocenters. The van der Waals surface area contributed by atoms with Crippen LogP contribution in [-0.4, -0.2) is 31.3 Å². The molecule has 0 saturated carbocycles. The van der Waals surface area contributed by atoms with Crippen LogP contribution in [0.3, 0.4) is 0 Å². The molecule has 1 aromatic carbocycles. The molecule has 2 aliphatic heterocycles. The first-order valence-electron chi connectivity index (χ1n) is 8.62. The third-order valence-electron chi connectivity index (χ3n) is 5.12. The Hall–Kier alpha value is -1.56. The largest absolute Gasteiger partial charge is 0.446 e. The zero-order valence-corrected chi connectivity index (χ0v) is 15.6. The lowest BCUT2D eigenvalue weighted by atomic mass is 10.0. The molecule has 2 fully saturated rings. The van der Waals surface area contributed by atoms with Gasteiger partial charge in [0.1, 0.15) is 6.10 Å². The predicted molar refractivity (Wildman–Crippen MR) is 103 cm³/mol. The first-order chi connectivity index (χ1) is 12.1. The summed E-state index contributed by atoms with van der Waals surface area (Å²) in [6.07, 6.45) is 3.87. The van der Waals surface area contributed by atoms with E-state index >= 15 is 0 Å². The van der Waals surface area contributed by atoms with E-state index in [1.165, 1.54) is 12.8 Å². The van der Waals surface area contributed by atoms with Gasteiger partial charge in [-0.1, -0.05) is 17.7 Å². The number of hydrogen-bond donors (Lipinski definition) is 1. The Morgan fingerprint density at radius 1 is 1.28 bits per heavy atom. The third-order valence-corrected chi connectivity index (χ3v) is 6.04. The molecule has 0 aliphatic carbocycles. The highest BCUT2D eigenvalue weighted by Crippen LogP contribution is 2.35. The second-order valence-corrected chi connectivity index (χ2v) is 8.06. The number of amides is 1. The van der Waals surface area contributed by atoms with Crippen molar-refractivity contribution in [1.82, 2.24) is 5.32 Å². The van der Waals surface area contributed by atoms with Gasteiger partial charge < -0.3 is 10.1 Å². The first-order valence-corrected chi connectivity index (χ1v) is 9.95. The number of anilines is 1. The van der Waals surface area contributed by atoms with E-state index in [0.29, 0.717) is 17.1 Å². The molecule has 2 atom stereocenters. The Balaban J connectivity index is 1.53. The number of nitrogens with one attached hydrogen (secondary N) is 1. The maximum atomic E-state index is 12.7. The average molecular weight is 377 g/mol. The number of ether oxygens (including phenoxy) is 1. The summed E-state index contributed by atoms with van der Waals surface area (Å²) < 4.78 is 5.81. The van der Waals surface area contributed by atoms with Gasteiger partial charge in [0.15, 0.2) is 0 Å². The number of carbonyl (C=O) groups excluding carboxylic acids is 1. The number of carbonyl (C=O) groups is 1. The van der Waals surface area contributed by atoms with Crippen LogP contribution >= 0.6 is 22.9 Å². The molecule has 1 N–H and O–H groups in total. The standard InChI is InChI=1S/C19H21ClN2O2S/c1-22(19(23)24-16-9-14-3-4-15(10-16)21-14)18-8-13(20)2-5-17(18)12-6-7-25-11-12/h2,5-8,11,14-16,21H,3-4,9-10H2,1H3. The lowest BCUT2D eigenvalue weighted by Crippen LogP contribution is -2.43. The first kappa shape index (κ1) is 16.9. The normalized spacial score (nSPS) is 25.0. The minimum atomic E-state index is -0.315. The highest BCUT2D eigenvalue weighted by molar-refractivity contribution is 7.08. The molecule has 3 heterocycles. The van der Waals surface area contributed by atoms with Crippen LogP contribution < -0.4 is 10.2 Å². The molecule has 4 nitrogen and oxygen atoms in total. The van der Waals surface area contributed by atoms with E-state index in [9.17, 15) is 4.79 Å². The number of hydrogen-bond acceptors (Lipinski definition) is 4. The van der Waals surface area contributed by atoms with Crippen LogP contribution in [0.2, 0.25) is 5.02 Å². The Labute approximate surface area is 156 Å². The summed E-state index contributed by atoms with van der Waals surface area (Å²) in [5.74, 6) is 0. The van der Waals surface area contributed by atoms with Crippen LogP contribution in [0.4, 0.5) is 10.5 Å².